The van der Waals surface area contributed by atoms with E-state index >= 15 is 0 Å². The molecule has 2 rings (SSSR count). The minimum Gasteiger partial charge on any atom is -0.378 e. The van der Waals surface area contributed by atoms with Gasteiger partial charge in [0.15, 0.2) is 0 Å². The highest BCUT2D eigenvalue weighted by Crippen LogP contribution is 2.24. The molecule has 0 saturated carbocycles. The highest BCUT2D eigenvalue weighted by Gasteiger charge is 2.12. The number of anilines is 1. The Morgan fingerprint density at radius 3 is 2.60 bits per heavy atom. The number of non-ortho nitro benzene ring substituents is 1. The first-order chi connectivity index (χ1) is 9.49. The van der Waals surface area contributed by atoms with Gasteiger partial charge in [-0.05, 0) is 18.2 Å². The summed E-state index contributed by atoms with van der Waals surface area (Å²) in [5.74, 6) is -1.20. The number of hydrogen-bond donors (Lipinski definition) is 1. The number of nitrogens with one attached hydrogen (secondary N) is 1. The molecule has 7 heteroatoms. The maximum atomic E-state index is 13.5. The number of nitro groups is 1. The fourth-order valence-corrected chi connectivity index (χ4v) is 1.88. The molecular weight excluding hydrogens is 290 g/mol. The van der Waals surface area contributed by atoms with Gasteiger partial charge >= 0.3 is 0 Å². The lowest BCUT2D eigenvalue weighted by Crippen LogP contribution is -2.04. The van der Waals surface area contributed by atoms with Crippen molar-refractivity contribution in [3.63, 3.8) is 0 Å². The van der Waals surface area contributed by atoms with Gasteiger partial charge in [0.25, 0.3) is 5.69 Å². The fraction of sp³-hybridized carbons (Fsp3) is 0.0769. The van der Waals surface area contributed by atoms with Crippen molar-refractivity contribution >= 4 is 23.0 Å². The summed E-state index contributed by atoms with van der Waals surface area (Å²) in [6, 6.07) is 7.26. The Hall–Kier alpha value is -2.21. The molecule has 20 heavy (non-hydrogen) atoms. The van der Waals surface area contributed by atoms with E-state index < -0.39 is 16.6 Å². The Labute approximate surface area is 118 Å². The van der Waals surface area contributed by atoms with Crippen molar-refractivity contribution in [1.29, 1.82) is 0 Å². The van der Waals surface area contributed by atoms with Crippen LogP contribution < -0.4 is 5.32 Å². The molecule has 0 amide bonds. The molecule has 0 spiro atoms. The minimum absolute atomic E-state index is 0.0798. The van der Waals surface area contributed by atoms with Crippen molar-refractivity contribution in [3.05, 3.63) is 68.7 Å². The molecule has 0 aromatic heterocycles. The van der Waals surface area contributed by atoms with Gasteiger partial charge in [0.2, 0.25) is 0 Å². The third kappa shape index (κ3) is 3.03. The monoisotopic (exact) mass is 298 g/mol. The Bertz CT molecular complexity index is 645. The lowest BCUT2D eigenvalue weighted by molar-refractivity contribution is -0.384. The molecule has 0 aliphatic rings. The van der Waals surface area contributed by atoms with Crippen molar-refractivity contribution in [1.82, 2.24) is 0 Å². The molecule has 4 nitrogen and oxygen atoms in total. The van der Waals surface area contributed by atoms with E-state index in [0.717, 1.165) is 18.2 Å². The standard InChI is InChI=1S/C13H9ClF2N2O2/c14-10-2-1-3-11(15)9(10)7-17-13-6-8(18(19)20)4-5-12(13)16/h1-6,17H,7H2. The van der Waals surface area contributed by atoms with E-state index in [9.17, 15) is 18.9 Å². The van der Waals surface area contributed by atoms with Gasteiger partial charge in [-0.15, -0.1) is 0 Å². The molecule has 1 N–H and O–H groups in total. The molecule has 2 aromatic rings. The first kappa shape index (κ1) is 14.2. The van der Waals surface area contributed by atoms with Crippen LogP contribution in [0.5, 0.6) is 0 Å². The zero-order chi connectivity index (χ0) is 14.7. The molecular formula is C13H9ClF2N2O2. The van der Waals surface area contributed by atoms with E-state index in [4.69, 9.17) is 11.6 Å². The topological polar surface area (TPSA) is 55.2 Å². The van der Waals surface area contributed by atoms with Crippen molar-refractivity contribution in [3.8, 4) is 0 Å². The minimum atomic E-state index is -0.664. The van der Waals surface area contributed by atoms with E-state index in [1.807, 2.05) is 0 Å². The summed E-state index contributed by atoms with van der Waals surface area (Å²) in [6.45, 7) is -0.0798. The van der Waals surface area contributed by atoms with E-state index in [0.29, 0.717) is 0 Å². The van der Waals surface area contributed by atoms with Crippen LogP contribution in [-0.4, -0.2) is 4.92 Å². The summed E-state index contributed by atoms with van der Waals surface area (Å²) in [5, 5.41) is 13.4. The second kappa shape index (κ2) is 5.83. The number of nitrogens with zero attached hydrogens (tertiary/aromatic N) is 1. The van der Waals surface area contributed by atoms with E-state index in [1.54, 1.807) is 0 Å². The molecule has 104 valence electrons. The van der Waals surface area contributed by atoms with Gasteiger partial charge in [0, 0.05) is 29.3 Å². The Balaban J connectivity index is 2.23. The SMILES string of the molecule is O=[N+]([O-])c1ccc(F)c(NCc2c(F)cccc2Cl)c1. The van der Waals surface area contributed by atoms with Gasteiger partial charge in [-0.3, -0.25) is 10.1 Å². The lowest BCUT2D eigenvalue weighted by Gasteiger charge is -2.09. The number of nitro benzene ring substituents is 1. The highest BCUT2D eigenvalue weighted by atomic mass is 35.5. The summed E-state index contributed by atoms with van der Waals surface area (Å²) >= 11 is 5.84. The lowest BCUT2D eigenvalue weighted by atomic mass is 10.2. The largest absolute Gasteiger partial charge is 0.378 e. The van der Waals surface area contributed by atoms with Crippen LogP contribution in [0.4, 0.5) is 20.2 Å². The zero-order valence-corrected chi connectivity index (χ0v) is 10.8. The average Bonchev–Trinajstić information content (AvgIpc) is 2.39. The highest BCUT2D eigenvalue weighted by molar-refractivity contribution is 6.31. The van der Waals surface area contributed by atoms with E-state index in [1.165, 1.54) is 18.2 Å². The molecule has 0 bridgehead atoms. The molecule has 0 saturated heterocycles. The van der Waals surface area contributed by atoms with Crippen LogP contribution >= 0.6 is 11.6 Å². The molecule has 0 radical (unpaired) electrons. The molecule has 0 unspecified atom stereocenters. The predicted octanol–water partition coefficient (Wildman–Crippen LogP) is 4.14. The van der Waals surface area contributed by atoms with Crippen LogP contribution in [0.2, 0.25) is 5.02 Å². The molecule has 0 aliphatic heterocycles. The molecule has 0 aliphatic carbocycles. The third-order valence-electron chi connectivity index (χ3n) is 2.68. The first-order valence-electron chi connectivity index (χ1n) is 5.59. The summed E-state index contributed by atoms with van der Waals surface area (Å²) < 4.78 is 27.1. The maximum absolute atomic E-state index is 13.5. The summed E-state index contributed by atoms with van der Waals surface area (Å²) in [5.41, 5.74) is -0.174. The predicted molar refractivity (Wildman–Crippen MR) is 71.8 cm³/mol. The van der Waals surface area contributed by atoms with E-state index in [-0.39, 0.29) is 28.5 Å². The first-order valence-corrected chi connectivity index (χ1v) is 5.97. The maximum Gasteiger partial charge on any atom is 0.271 e. The van der Waals surface area contributed by atoms with Crippen LogP contribution in [-0.2, 0) is 6.54 Å². The molecule has 0 atom stereocenters. The number of benzene rings is 2. The van der Waals surface area contributed by atoms with Gasteiger partial charge in [0.05, 0.1) is 10.6 Å². The molecule has 0 fully saturated rings. The van der Waals surface area contributed by atoms with Gasteiger partial charge < -0.3 is 5.32 Å². The Morgan fingerprint density at radius 1 is 1.20 bits per heavy atom. The van der Waals surface area contributed by atoms with Crippen LogP contribution in [0.1, 0.15) is 5.56 Å². The van der Waals surface area contributed by atoms with Crippen LogP contribution in [0.15, 0.2) is 36.4 Å². The van der Waals surface area contributed by atoms with Crippen molar-refractivity contribution in [2.24, 2.45) is 0 Å². The summed E-state index contributed by atoms with van der Waals surface area (Å²) in [6.07, 6.45) is 0. The Morgan fingerprint density at radius 2 is 1.95 bits per heavy atom. The van der Waals surface area contributed by atoms with Crippen LogP contribution in [0, 0.1) is 21.7 Å². The van der Waals surface area contributed by atoms with Crippen molar-refractivity contribution < 1.29 is 13.7 Å². The number of rotatable bonds is 4. The smallest absolute Gasteiger partial charge is 0.271 e. The third-order valence-corrected chi connectivity index (χ3v) is 3.03. The van der Waals surface area contributed by atoms with Gasteiger partial charge in [0.1, 0.15) is 11.6 Å². The average molecular weight is 299 g/mol. The normalized spacial score (nSPS) is 10.3. The number of halogens is 3. The van der Waals surface area contributed by atoms with Crippen LogP contribution in [0.25, 0.3) is 0 Å². The quantitative estimate of drug-likeness (QED) is 0.682. The second-order valence-electron chi connectivity index (χ2n) is 3.98. The molecule has 0 heterocycles. The summed E-state index contributed by atoms with van der Waals surface area (Å²) in [4.78, 5) is 9.98. The van der Waals surface area contributed by atoms with Crippen molar-refractivity contribution in [2.45, 2.75) is 6.54 Å². The Kier molecular flexibility index (Phi) is 4.14. The van der Waals surface area contributed by atoms with E-state index in [2.05, 4.69) is 5.32 Å². The van der Waals surface area contributed by atoms with Gasteiger partial charge in [-0.2, -0.15) is 0 Å². The van der Waals surface area contributed by atoms with Gasteiger partial charge in [-0.25, -0.2) is 8.78 Å². The van der Waals surface area contributed by atoms with Crippen LogP contribution in [0.3, 0.4) is 0 Å². The van der Waals surface area contributed by atoms with Crippen molar-refractivity contribution in [2.75, 3.05) is 5.32 Å². The zero-order valence-electron chi connectivity index (χ0n) is 10.1. The summed E-state index contributed by atoms with van der Waals surface area (Å²) in [7, 11) is 0. The fourth-order valence-electron chi connectivity index (χ4n) is 1.65. The second-order valence-corrected chi connectivity index (χ2v) is 4.38. The molecule has 2 aromatic carbocycles. The number of hydrogen-bond acceptors (Lipinski definition) is 3. The van der Waals surface area contributed by atoms with Gasteiger partial charge in [-0.1, -0.05) is 17.7 Å².